The van der Waals surface area contributed by atoms with Gasteiger partial charge in [-0.15, -0.1) is 0 Å². The molecule has 2 heterocycles. The van der Waals surface area contributed by atoms with Gasteiger partial charge in [-0.3, -0.25) is 0 Å². The summed E-state index contributed by atoms with van der Waals surface area (Å²) in [7, 11) is 0. The molecule has 144 valence electrons. The van der Waals surface area contributed by atoms with Crippen LogP contribution in [0.2, 0.25) is 5.02 Å². The van der Waals surface area contributed by atoms with E-state index >= 15 is 0 Å². The molecule has 0 bridgehead atoms. The number of benzene rings is 2. The van der Waals surface area contributed by atoms with Crippen molar-refractivity contribution in [2.75, 3.05) is 6.61 Å². The van der Waals surface area contributed by atoms with E-state index in [1.807, 2.05) is 67.6 Å². The van der Waals surface area contributed by atoms with E-state index in [4.69, 9.17) is 25.5 Å². The number of aryl methyl sites for hydroxylation is 1. The molecule has 1 aromatic heterocycles. The second kappa shape index (κ2) is 8.78. The van der Waals surface area contributed by atoms with E-state index in [0.717, 1.165) is 29.1 Å². The van der Waals surface area contributed by atoms with Gasteiger partial charge in [-0.05, 0) is 43.2 Å². The number of hydrogen-bond donors (Lipinski definition) is 0. The lowest BCUT2D eigenvalue weighted by Gasteiger charge is -2.37. The lowest BCUT2D eigenvalue weighted by molar-refractivity contribution is -0.243. The predicted molar refractivity (Wildman–Crippen MR) is 111 cm³/mol. The Kier molecular flexibility index (Phi) is 5.96. The third kappa shape index (κ3) is 4.39. The van der Waals surface area contributed by atoms with Gasteiger partial charge in [0.25, 0.3) is 0 Å². The minimum atomic E-state index is -0.466. The van der Waals surface area contributed by atoms with Crippen LogP contribution >= 0.6 is 11.6 Å². The highest BCUT2D eigenvalue weighted by Crippen LogP contribution is 2.41. The van der Waals surface area contributed by atoms with E-state index in [0.29, 0.717) is 11.6 Å². The molecule has 2 aromatic carbocycles. The average Bonchev–Trinajstić information content (AvgIpc) is 3.14. The Morgan fingerprint density at radius 1 is 1.00 bits per heavy atom. The van der Waals surface area contributed by atoms with Gasteiger partial charge in [0.15, 0.2) is 6.29 Å². The molecule has 0 saturated carbocycles. The van der Waals surface area contributed by atoms with E-state index in [2.05, 4.69) is 18.2 Å². The summed E-state index contributed by atoms with van der Waals surface area (Å²) >= 11 is 6.36. The summed E-state index contributed by atoms with van der Waals surface area (Å²) in [5.41, 5.74) is 2.01. The summed E-state index contributed by atoms with van der Waals surface area (Å²) < 4.78 is 18.1. The van der Waals surface area contributed by atoms with Gasteiger partial charge in [0.2, 0.25) is 0 Å². The molecule has 3 aromatic rings. The Hall–Kier alpha value is -2.33. The van der Waals surface area contributed by atoms with Crippen LogP contribution in [0, 0.1) is 12.8 Å². The van der Waals surface area contributed by atoms with Gasteiger partial charge in [-0.25, -0.2) is 0 Å². The summed E-state index contributed by atoms with van der Waals surface area (Å²) in [6.07, 6.45) is 4.43. The van der Waals surface area contributed by atoms with Crippen molar-refractivity contribution in [1.29, 1.82) is 0 Å². The molecule has 28 heavy (non-hydrogen) atoms. The zero-order valence-corrected chi connectivity index (χ0v) is 16.5. The first kappa shape index (κ1) is 19.0. The lowest BCUT2D eigenvalue weighted by Crippen LogP contribution is -2.30. The zero-order chi connectivity index (χ0) is 19.3. The number of hydrogen-bond acceptors (Lipinski definition) is 3. The van der Waals surface area contributed by atoms with Crippen LogP contribution in [0.3, 0.4) is 0 Å². The molecule has 4 rings (SSSR count). The molecule has 1 saturated heterocycles. The number of ether oxygens (including phenoxy) is 2. The highest BCUT2D eigenvalue weighted by Gasteiger charge is 2.33. The van der Waals surface area contributed by atoms with Crippen molar-refractivity contribution in [3.8, 4) is 0 Å². The highest BCUT2D eigenvalue weighted by molar-refractivity contribution is 6.31. The normalized spacial score (nSPS) is 22.6. The third-order valence-corrected chi connectivity index (χ3v) is 5.27. The largest absolute Gasteiger partial charge is 0.462 e. The van der Waals surface area contributed by atoms with Crippen LogP contribution in [-0.4, -0.2) is 6.61 Å². The van der Waals surface area contributed by atoms with Crippen LogP contribution in [0.25, 0.3) is 6.08 Å². The summed E-state index contributed by atoms with van der Waals surface area (Å²) in [5.74, 6) is 1.97. The molecule has 4 heteroatoms. The third-order valence-electron chi connectivity index (χ3n) is 4.93. The van der Waals surface area contributed by atoms with Crippen LogP contribution in [-0.2, 0) is 9.47 Å². The molecule has 0 N–H and O–H groups in total. The molecule has 0 spiro atoms. The van der Waals surface area contributed by atoms with Crippen molar-refractivity contribution in [1.82, 2.24) is 0 Å². The van der Waals surface area contributed by atoms with Crippen LogP contribution in [0.4, 0.5) is 0 Å². The maximum absolute atomic E-state index is 6.39. The van der Waals surface area contributed by atoms with Crippen LogP contribution in [0.5, 0.6) is 0 Å². The smallest absolute Gasteiger partial charge is 0.185 e. The number of furan rings is 1. The second-order valence-electron chi connectivity index (χ2n) is 7.00. The van der Waals surface area contributed by atoms with E-state index in [1.165, 1.54) is 0 Å². The molecule has 3 unspecified atom stereocenters. The van der Waals surface area contributed by atoms with Crippen molar-refractivity contribution < 1.29 is 13.9 Å². The highest BCUT2D eigenvalue weighted by atomic mass is 35.5. The van der Waals surface area contributed by atoms with E-state index < -0.39 is 6.29 Å². The fourth-order valence-corrected chi connectivity index (χ4v) is 3.72. The van der Waals surface area contributed by atoms with Gasteiger partial charge >= 0.3 is 0 Å². The van der Waals surface area contributed by atoms with Gasteiger partial charge in [0, 0.05) is 16.5 Å². The molecule has 3 atom stereocenters. The first-order valence-corrected chi connectivity index (χ1v) is 9.88. The lowest BCUT2D eigenvalue weighted by atomic mass is 9.92. The molecular formula is C24H23ClO3. The fraction of sp³-hybridized carbons (Fsp3) is 0.250. The first-order chi connectivity index (χ1) is 13.7. The zero-order valence-electron chi connectivity index (χ0n) is 15.8. The minimum Gasteiger partial charge on any atom is -0.462 e. The van der Waals surface area contributed by atoms with Crippen molar-refractivity contribution in [3.05, 3.63) is 100 Å². The molecule has 1 fully saturated rings. The Labute approximate surface area is 170 Å². The quantitative estimate of drug-likeness (QED) is 0.479. The molecule has 0 aliphatic carbocycles. The Morgan fingerprint density at radius 3 is 2.54 bits per heavy atom. The van der Waals surface area contributed by atoms with E-state index in [1.54, 1.807) is 0 Å². The summed E-state index contributed by atoms with van der Waals surface area (Å²) in [4.78, 5) is 0. The maximum atomic E-state index is 6.39. The molecule has 1 aliphatic heterocycles. The number of rotatable bonds is 5. The Balaban J connectivity index is 1.53. The van der Waals surface area contributed by atoms with E-state index in [9.17, 15) is 0 Å². The second-order valence-corrected chi connectivity index (χ2v) is 7.41. The summed E-state index contributed by atoms with van der Waals surface area (Å²) in [6.45, 7) is 2.54. The fourth-order valence-electron chi connectivity index (χ4n) is 3.50. The molecule has 1 aliphatic rings. The molecule has 0 amide bonds. The number of allylic oxidation sites excluding steroid dienone is 1. The topological polar surface area (TPSA) is 31.6 Å². The van der Waals surface area contributed by atoms with Crippen LogP contribution in [0.15, 0.2) is 77.2 Å². The summed E-state index contributed by atoms with van der Waals surface area (Å²) in [5, 5.41) is 0.658. The maximum Gasteiger partial charge on any atom is 0.185 e. The average molecular weight is 395 g/mol. The van der Waals surface area contributed by atoms with Crippen molar-refractivity contribution in [3.63, 3.8) is 0 Å². The van der Waals surface area contributed by atoms with Gasteiger partial charge < -0.3 is 13.9 Å². The first-order valence-electron chi connectivity index (χ1n) is 9.50. The Morgan fingerprint density at radius 2 is 1.79 bits per heavy atom. The molecule has 0 radical (unpaired) electrons. The summed E-state index contributed by atoms with van der Waals surface area (Å²) in [6, 6.07) is 21.9. The van der Waals surface area contributed by atoms with Crippen molar-refractivity contribution in [2.24, 2.45) is 5.92 Å². The monoisotopic (exact) mass is 394 g/mol. The van der Waals surface area contributed by atoms with E-state index in [-0.39, 0.29) is 12.0 Å². The SMILES string of the molecule is Cc1ccc(/C=C\CC2COC(c3ccccc3Cl)OC2c2ccccc2)o1. The van der Waals surface area contributed by atoms with Crippen LogP contribution < -0.4 is 0 Å². The number of halogens is 1. The van der Waals surface area contributed by atoms with Gasteiger partial charge in [0.05, 0.1) is 12.7 Å². The minimum absolute atomic E-state index is 0.0702. The predicted octanol–water partition coefficient (Wildman–Crippen LogP) is 6.75. The van der Waals surface area contributed by atoms with Gasteiger partial charge in [-0.2, -0.15) is 0 Å². The van der Waals surface area contributed by atoms with Gasteiger partial charge in [0.1, 0.15) is 11.5 Å². The van der Waals surface area contributed by atoms with Crippen molar-refractivity contribution in [2.45, 2.75) is 25.7 Å². The molecule has 3 nitrogen and oxygen atoms in total. The van der Waals surface area contributed by atoms with Crippen LogP contribution in [0.1, 0.15) is 41.5 Å². The standard InChI is InChI=1S/C24H23ClO3/c1-17-14-15-20(27-17)11-7-10-19-16-26-24(21-12-5-6-13-22(21)25)28-23(19)18-8-3-2-4-9-18/h2-9,11-15,19,23-24H,10,16H2,1H3/b11-7-. The van der Waals surface area contributed by atoms with Crippen molar-refractivity contribution >= 4 is 17.7 Å². The Bertz CT molecular complexity index is 932. The van der Waals surface area contributed by atoms with Gasteiger partial charge in [-0.1, -0.05) is 66.2 Å². The molecular weight excluding hydrogens is 372 g/mol.